The van der Waals surface area contributed by atoms with Crippen molar-refractivity contribution in [3.63, 3.8) is 0 Å². The van der Waals surface area contributed by atoms with Crippen molar-refractivity contribution in [3.05, 3.63) is 44.6 Å². The van der Waals surface area contributed by atoms with Gasteiger partial charge in [0.15, 0.2) is 0 Å². The summed E-state index contributed by atoms with van der Waals surface area (Å²) in [5.41, 5.74) is 9.61. The fourth-order valence-electron chi connectivity index (χ4n) is 2.37. The van der Waals surface area contributed by atoms with E-state index in [9.17, 15) is 4.79 Å². The maximum atomic E-state index is 12.6. The van der Waals surface area contributed by atoms with Crippen molar-refractivity contribution in [1.29, 1.82) is 0 Å². The third-order valence-corrected chi connectivity index (χ3v) is 5.09. The molecular formula is C14H13ClN2OS. The van der Waals surface area contributed by atoms with E-state index in [0.717, 1.165) is 28.9 Å². The highest BCUT2D eigenvalue weighted by molar-refractivity contribution is 7.13. The van der Waals surface area contributed by atoms with Crippen molar-refractivity contribution >= 4 is 40.2 Å². The van der Waals surface area contributed by atoms with Crippen molar-refractivity contribution in [2.75, 3.05) is 17.2 Å². The number of nitrogen functional groups attached to an aromatic ring is 1. The van der Waals surface area contributed by atoms with Crippen LogP contribution in [0.5, 0.6) is 0 Å². The molecule has 0 fully saturated rings. The average Bonchev–Trinajstić information content (AvgIpc) is 2.96. The van der Waals surface area contributed by atoms with E-state index in [1.165, 1.54) is 11.3 Å². The zero-order valence-electron chi connectivity index (χ0n) is 10.4. The Kier molecular flexibility index (Phi) is 2.99. The maximum Gasteiger partial charge on any atom is 0.269 e. The topological polar surface area (TPSA) is 46.3 Å². The van der Waals surface area contributed by atoms with Crippen LogP contribution in [0.2, 0.25) is 5.02 Å². The van der Waals surface area contributed by atoms with E-state index in [1.807, 2.05) is 30.5 Å². The van der Waals surface area contributed by atoms with Gasteiger partial charge in [-0.1, -0.05) is 17.7 Å². The molecule has 2 aromatic rings. The number of nitrogens with two attached hydrogens (primary N) is 1. The summed E-state index contributed by atoms with van der Waals surface area (Å²) in [6.07, 6.45) is 0.801. The molecule has 0 saturated heterocycles. The molecule has 0 spiro atoms. The van der Waals surface area contributed by atoms with Crippen LogP contribution in [0.1, 0.15) is 20.8 Å². The molecule has 2 N–H and O–H groups in total. The van der Waals surface area contributed by atoms with Gasteiger partial charge in [0.1, 0.15) is 4.88 Å². The number of aryl methyl sites for hydroxylation is 1. The van der Waals surface area contributed by atoms with Crippen LogP contribution in [0.15, 0.2) is 23.6 Å². The summed E-state index contributed by atoms with van der Waals surface area (Å²) in [7, 11) is 0. The highest BCUT2D eigenvalue weighted by Crippen LogP contribution is 2.35. The first kappa shape index (κ1) is 12.5. The molecule has 1 amide bonds. The predicted molar refractivity (Wildman–Crippen MR) is 80.3 cm³/mol. The summed E-state index contributed by atoms with van der Waals surface area (Å²) in [6.45, 7) is 2.57. The van der Waals surface area contributed by atoms with Crippen LogP contribution in [-0.4, -0.2) is 12.5 Å². The predicted octanol–water partition coefficient (Wildman–Crippen LogP) is 3.50. The molecule has 1 aromatic carbocycles. The third-order valence-electron chi connectivity index (χ3n) is 3.40. The molecule has 3 rings (SSSR count). The number of benzene rings is 1. The van der Waals surface area contributed by atoms with Gasteiger partial charge in [0.2, 0.25) is 0 Å². The lowest BCUT2D eigenvalue weighted by molar-refractivity contribution is 0.0993. The molecule has 1 aromatic heterocycles. The largest absolute Gasteiger partial charge is 0.398 e. The van der Waals surface area contributed by atoms with Crippen LogP contribution in [-0.2, 0) is 6.42 Å². The number of amides is 1. The quantitative estimate of drug-likeness (QED) is 0.818. The number of hydrogen-bond acceptors (Lipinski definition) is 3. The number of anilines is 2. The minimum absolute atomic E-state index is 0.0348. The zero-order chi connectivity index (χ0) is 13.6. The van der Waals surface area contributed by atoms with Gasteiger partial charge in [-0.15, -0.1) is 11.3 Å². The number of fused-ring (bicyclic) bond motifs is 1. The molecule has 0 aliphatic carbocycles. The third kappa shape index (κ3) is 1.91. The van der Waals surface area contributed by atoms with Crippen molar-refractivity contribution in [2.45, 2.75) is 13.3 Å². The van der Waals surface area contributed by atoms with E-state index in [-0.39, 0.29) is 5.91 Å². The highest BCUT2D eigenvalue weighted by Gasteiger charge is 2.29. The van der Waals surface area contributed by atoms with Gasteiger partial charge in [-0.25, -0.2) is 0 Å². The van der Waals surface area contributed by atoms with E-state index in [2.05, 4.69) is 0 Å². The normalized spacial score (nSPS) is 13.7. The molecule has 0 bridgehead atoms. The van der Waals surface area contributed by atoms with Crippen molar-refractivity contribution in [3.8, 4) is 0 Å². The van der Waals surface area contributed by atoms with Crippen LogP contribution in [0.4, 0.5) is 11.4 Å². The van der Waals surface area contributed by atoms with Crippen molar-refractivity contribution in [2.24, 2.45) is 0 Å². The fraction of sp³-hybridized carbons (Fsp3) is 0.214. The van der Waals surface area contributed by atoms with Gasteiger partial charge in [0.25, 0.3) is 5.91 Å². The summed E-state index contributed by atoms with van der Waals surface area (Å²) in [5, 5.41) is 2.47. The molecule has 5 heteroatoms. The van der Waals surface area contributed by atoms with Gasteiger partial charge in [0.05, 0.1) is 5.02 Å². The number of thiophene rings is 1. The summed E-state index contributed by atoms with van der Waals surface area (Å²) in [4.78, 5) is 14.9. The second kappa shape index (κ2) is 4.54. The summed E-state index contributed by atoms with van der Waals surface area (Å²) >= 11 is 7.57. The van der Waals surface area contributed by atoms with Gasteiger partial charge in [0, 0.05) is 23.5 Å². The van der Waals surface area contributed by atoms with Crippen LogP contribution in [0.25, 0.3) is 0 Å². The van der Waals surface area contributed by atoms with E-state index in [1.54, 1.807) is 4.90 Å². The smallest absolute Gasteiger partial charge is 0.269 e. The lowest BCUT2D eigenvalue weighted by Gasteiger charge is -2.17. The van der Waals surface area contributed by atoms with Gasteiger partial charge in [-0.05, 0) is 36.4 Å². The van der Waals surface area contributed by atoms with E-state index >= 15 is 0 Å². The van der Waals surface area contributed by atoms with Crippen LogP contribution in [0.3, 0.4) is 0 Å². The second-order valence-corrected chi connectivity index (χ2v) is 5.87. The summed E-state index contributed by atoms with van der Waals surface area (Å²) < 4.78 is 0. The molecule has 1 aliphatic rings. The average molecular weight is 293 g/mol. The Hall–Kier alpha value is -1.52. The van der Waals surface area contributed by atoms with Gasteiger partial charge in [-0.3, -0.25) is 4.79 Å². The minimum atomic E-state index is -0.0348. The van der Waals surface area contributed by atoms with Gasteiger partial charge >= 0.3 is 0 Å². The molecular weight excluding hydrogens is 280 g/mol. The first-order valence-corrected chi connectivity index (χ1v) is 7.28. The Labute approximate surface area is 120 Å². The SMILES string of the molecule is Cc1csc(C(=O)N2CCc3c(N)cccc32)c1Cl. The molecule has 0 saturated carbocycles. The molecule has 0 unspecified atom stereocenters. The first-order valence-electron chi connectivity index (χ1n) is 6.02. The van der Waals surface area contributed by atoms with E-state index < -0.39 is 0 Å². The Balaban J connectivity index is 2.00. The number of halogens is 1. The zero-order valence-corrected chi connectivity index (χ0v) is 12.0. The molecule has 98 valence electrons. The lowest BCUT2D eigenvalue weighted by atomic mass is 10.1. The van der Waals surface area contributed by atoms with E-state index in [0.29, 0.717) is 16.4 Å². The summed E-state index contributed by atoms with van der Waals surface area (Å²) in [6, 6.07) is 5.68. The standard InChI is InChI=1S/C14H13ClN2OS/c1-8-7-19-13(12(8)15)14(18)17-6-5-9-10(16)3-2-4-11(9)17/h2-4,7H,5-6,16H2,1H3. The lowest BCUT2D eigenvalue weighted by Crippen LogP contribution is -2.28. The second-order valence-electron chi connectivity index (χ2n) is 4.61. The monoisotopic (exact) mass is 292 g/mol. The van der Waals surface area contributed by atoms with Crippen LogP contribution in [0, 0.1) is 6.92 Å². The van der Waals surface area contributed by atoms with Crippen LogP contribution < -0.4 is 10.6 Å². The maximum absolute atomic E-state index is 12.6. The number of carbonyl (C=O) groups excluding carboxylic acids is 1. The number of hydrogen-bond donors (Lipinski definition) is 1. The Morgan fingerprint density at radius 1 is 1.47 bits per heavy atom. The number of nitrogens with zero attached hydrogens (tertiary/aromatic N) is 1. The molecule has 1 aliphatic heterocycles. The van der Waals surface area contributed by atoms with Gasteiger partial charge < -0.3 is 10.6 Å². The highest BCUT2D eigenvalue weighted by atomic mass is 35.5. The van der Waals surface area contributed by atoms with Crippen molar-refractivity contribution < 1.29 is 4.79 Å². The molecule has 0 atom stereocenters. The van der Waals surface area contributed by atoms with Crippen molar-refractivity contribution in [1.82, 2.24) is 0 Å². The number of rotatable bonds is 1. The summed E-state index contributed by atoms with van der Waals surface area (Å²) in [5.74, 6) is -0.0348. The van der Waals surface area contributed by atoms with E-state index in [4.69, 9.17) is 17.3 Å². The Morgan fingerprint density at radius 3 is 2.95 bits per heavy atom. The molecule has 2 heterocycles. The molecule has 3 nitrogen and oxygen atoms in total. The Morgan fingerprint density at radius 2 is 2.26 bits per heavy atom. The molecule has 19 heavy (non-hydrogen) atoms. The fourth-order valence-corrected chi connectivity index (χ4v) is 3.59. The van der Waals surface area contributed by atoms with Crippen LogP contribution >= 0.6 is 22.9 Å². The van der Waals surface area contributed by atoms with Gasteiger partial charge in [-0.2, -0.15) is 0 Å². The minimum Gasteiger partial charge on any atom is -0.398 e. The Bertz CT molecular complexity index is 665. The molecule has 0 radical (unpaired) electrons. The first-order chi connectivity index (χ1) is 9.09. The number of carbonyl (C=O) groups is 1.